The molecule has 5 aromatic rings. The molecule has 284 valence electrons. The highest BCUT2D eigenvalue weighted by Gasteiger charge is 2.42. The van der Waals surface area contributed by atoms with Crippen LogP contribution in [0.3, 0.4) is 0 Å². The highest BCUT2D eigenvalue weighted by atomic mass is 32.2. The first-order valence-electron chi connectivity index (χ1n) is 18.4. The Morgan fingerprint density at radius 2 is 1.07 bits per heavy atom. The van der Waals surface area contributed by atoms with Gasteiger partial charge in [0.25, 0.3) is 10.1 Å². The average molecular weight is 750 g/mol. The van der Waals surface area contributed by atoms with Gasteiger partial charge in [-0.05, 0) is 100 Å². The van der Waals surface area contributed by atoms with Gasteiger partial charge in [-0.2, -0.15) is 8.42 Å². The third kappa shape index (κ3) is 10.4. The molecule has 5 aromatic carbocycles. The number of nitrogens with one attached hydrogen (secondary N) is 1. The van der Waals surface area contributed by atoms with E-state index in [-0.39, 0.29) is 30.8 Å². The third-order valence-electron chi connectivity index (χ3n) is 8.91. The summed E-state index contributed by atoms with van der Waals surface area (Å²) in [6.07, 6.45) is 0.409. The predicted molar refractivity (Wildman–Crippen MR) is 212 cm³/mol. The van der Waals surface area contributed by atoms with Crippen LogP contribution in [0.15, 0.2) is 138 Å². The number of carbonyl (C=O) groups excluding carboxylic acids is 2. The molecule has 8 nitrogen and oxygen atoms in total. The van der Waals surface area contributed by atoms with Crippen LogP contribution in [0.25, 0.3) is 10.8 Å². The van der Waals surface area contributed by atoms with E-state index in [1.54, 1.807) is 53.7 Å². The van der Waals surface area contributed by atoms with Crippen LogP contribution in [0.4, 0.5) is 0 Å². The lowest BCUT2D eigenvalue weighted by molar-refractivity contribution is -0.163. The zero-order valence-electron chi connectivity index (χ0n) is 32.0. The second-order valence-corrected chi connectivity index (χ2v) is 17.1. The Labute approximate surface area is 320 Å². The average Bonchev–Trinajstić information content (AvgIpc) is 3.13. The maximum absolute atomic E-state index is 14.3. The van der Waals surface area contributed by atoms with E-state index in [1.807, 2.05) is 115 Å². The quantitative estimate of drug-likeness (QED) is 0.0489. The van der Waals surface area contributed by atoms with Crippen molar-refractivity contribution in [3.05, 3.63) is 150 Å². The Morgan fingerprint density at radius 3 is 1.57 bits per heavy atom. The normalized spacial score (nSPS) is 13.6. The molecule has 0 saturated heterocycles. The van der Waals surface area contributed by atoms with Crippen molar-refractivity contribution < 1.29 is 31.7 Å². The topological polar surface area (TPSA) is 108 Å². The van der Waals surface area contributed by atoms with Crippen LogP contribution in [-0.4, -0.2) is 44.2 Å². The van der Waals surface area contributed by atoms with E-state index in [0.717, 1.165) is 27.5 Å². The number of ether oxygens (including phenoxy) is 2. The molecule has 0 aliphatic rings. The molecule has 5 rings (SSSR count). The lowest BCUT2D eigenvalue weighted by Gasteiger charge is -2.40. The molecule has 1 N–H and O–H groups in total. The number of hydrogen-bond acceptors (Lipinski definition) is 8. The zero-order chi connectivity index (χ0) is 39.0. The Kier molecular flexibility index (Phi) is 12.8. The van der Waals surface area contributed by atoms with Gasteiger partial charge < -0.3 is 9.47 Å². The Hall–Kier alpha value is -4.83. The molecule has 0 spiro atoms. The summed E-state index contributed by atoms with van der Waals surface area (Å²) in [5.74, 6) is -1.85. The number of rotatable bonds is 15. The van der Waals surface area contributed by atoms with E-state index < -0.39 is 50.8 Å². The summed E-state index contributed by atoms with van der Waals surface area (Å²) in [5, 5.41) is 5.43. The fourth-order valence-electron chi connectivity index (χ4n) is 6.55. The van der Waals surface area contributed by atoms with Gasteiger partial charge in [-0.15, -0.1) is 0 Å². The van der Waals surface area contributed by atoms with E-state index in [1.165, 1.54) is 6.07 Å². The first kappa shape index (κ1) is 40.4. The van der Waals surface area contributed by atoms with Crippen molar-refractivity contribution in [1.29, 1.82) is 0 Å². The van der Waals surface area contributed by atoms with E-state index in [4.69, 9.17) is 13.7 Å². The fraction of sp³-hybridized carbons (Fsp3) is 0.333. The van der Waals surface area contributed by atoms with Gasteiger partial charge in [0.15, 0.2) is 0 Å². The van der Waals surface area contributed by atoms with Gasteiger partial charge in [-0.1, -0.05) is 121 Å². The van der Waals surface area contributed by atoms with Gasteiger partial charge in [0, 0.05) is 0 Å². The van der Waals surface area contributed by atoms with E-state index >= 15 is 0 Å². The monoisotopic (exact) mass is 749 g/mol. The molecule has 2 atom stereocenters. The van der Waals surface area contributed by atoms with Crippen molar-refractivity contribution in [3.8, 4) is 0 Å². The molecule has 0 unspecified atom stereocenters. The molecule has 9 heteroatoms. The minimum Gasteiger partial charge on any atom is -0.460 e. The number of esters is 2. The van der Waals surface area contributed by atoms with Crippen LogP contribution in [0.5, 0.6) is 0 Å². The van der Waals surface area contributed by atoms with Crippen LogP contribution in [-0.2, 0) is 38.9 Å². The molecule has 0 heterocycles. The van der Waals surface area contributed by atoms with Crippen LogP contribution in [0.2, 0.25) is 0 Å². The minimum atomic E-state index is -4.07. The zero-order valence-corrected chi connectivity index (χ0v) is 32.8. The summed E-state index contributed by atoms with van der Waals surface area (Å²) < 4.78 is 43.8. The molecule has 0 amide bonds. The number of carbonyl (C=O) groups is 2. The molecule has 0 bridgehead atoms. The molecular formula is C45H51NO7S. The summed E-state index contributed by atoms with van der Waals surface area (Å²) in [5.41, 5.74) is -0.00699. The molecule has 0 aliphatic carbocycles. The van der Waals surface area contributed by atoms with Crippen LogP contribution in [0.1, 0.15) is 77.5 Å². The summed E-state index contributed by atoms with van der Waals surface area (Å²) in [4.78, 5) is 28.4. The van der Waals surface area contributed by atoms with E-state index in [9.17, 15) is 18.0 Å². The first-order chi connectivity index (χ1) is 25.6. The maximum Gasteiger partial charge on any atom is 0.323 e. The van der Waals surface area contributed by atoms with Crippen LogP contribution >= 0.6 is 0 Å². The summed E-state index contributed by atoms with van der Waals surface area (Å²) in [6, 6.07) is 41.0. The standard InChI is InChI=1S/C45H51NO7S/c1-43(2,3)52-41(47)35(21-18-30-51-54(49,50)39-29-28-33-19-16-17-20-34(33)31-39)32-40(42(48)53-44(4,5)6)46-45(36-22-10-7-11-23-36,37-24-12-8-13-25-37)38-26-14-9-15-27-38/h7-17,19-20,22-29,31,35,40,46H,18,21,30,32H2,1-6H3/t35-,40-/m0/s1. The molecule has 0 fully saturated rings. The van der Waals surface area contributed by atoms with Gasteiger partial charge in [0.2, 0.25) is 0 Å². The lowest BCUT2D eigenvalue weighted by atomic mass is 9.76. The highest BCUT2D eigenvalue weighted by molar-refractivity contribution is 7.86. The van der Waals surface area contributed by atoms with Crippen molar-refractivity contribution in [2.24, 2.45) is 5.92 Å². The molecule has 0 saturated carbocycles. The van der Waals surface area contributed by atoms with Crippen molar-refractivity contribution in [2.75, 3.05) is 6.61 Å². The summed E-state index contributed by atoms with van der Waals surface area (Å²) in [7, 11) is -4.07. The molecule has 0 aromatic heterocycles. The number of benzene rings is 5. The van der Waals surface area contributed by atoms with Crippen LogP contribution in [0, 0.1) is 5.92 Å². The second kappa shape index (κ2) is 17.1. The molecule has 0 radical (unpaired) electrons. The van der Waals surface area contributed by atoms with Crippen molar-refractivity contribution >= 4 is 32.8 Å². The minimum absolute atomic E-state index is 0.00943. The molecule has 54 heavy (non-hydrogen) atoms. The first-order valence-corrected chi connectivity index (χ1v) is 19.8. The van der Waals surface area contributed by atoms with E-state index in [2.05, 4.69) is 5.32 Å². The summed E-state index contributed by atoms with van der Waals surface area (Å²) >= 11 is 0. The maximum atomic E-state index is 14.3. The smallest absolute Gasteiger partial charge is 0.323 e. The highest BCUT2D eigenvalue weighted by Crippen LogP contribution is 2.38. The van der Waals surface area contributed by atoms with E-state index in [0.29, 0.717) is 0 Å². The van der Waals surface area contributed by atoms with Crippen molar-refractivity contribution in [2.45, 2.75) is 88.5 Å². The van der Waals surface area contributed by atoms with Gasteiger partial charge in [-0.25, -0.2) is 0 Å². The predicted octanol–water partition coefficient (Wildman–Crippen LogP) is 8.97. The second-order valence-electron chi connectivity index (χ2n) is 15.5. The van der Waals surface area contributed by atoms with Crippen molar-refractivity contribution in [3.63, 3.8) is 0 Å². The Bertz CT molecular complexity index is 2010. The molecular weight excluding hydrogens is 699 g/mol. The lowest BCUT2D eigenvalue weighted by Crippen LogP contribution is -2.54. The van der Waals surface area contributed by atoms with Crippen molar-refractivity contribution in [1.82, 2.24) is 5.32 Å². The van der Waals surface area contributed by atoms with Crippen LogP contribution < -0.4 is 5.32 Å². The molecule has 0 aliphatic heterocycles. The summed E-state index contributed by atoms with van der Waals surface area (Å²) in [6.45, 7) is 10.6. The Morgan fingerprint density at radius 1 is 0.611 bits per heavy atom. The van der Waals surface area contributed by atoms with Gasteiger partial charge in [0.05, 0.1) is 23.0 Å². The number of fused-ring (bicyclic) bond motifs is 1. The largest absolute Gasteiger partial charge is 0.460 e. The fourth-order valence-corrected chi connectivity index (χ4v) is 7.53. The SMILES string of the molecule is CC(C)(C)OC(=O)[C@@H](CCCOS(=O)(=O)c1ccc2ccccc2c1)C[C@H](NC(c1ccccc1)(c1ccccc1)c1ccccc1)C(=O)OC(C)(C)C. The third-order valence-corrected chi connectivity index (χ3v) is 10.2. The van der Waals surface area contributed by atoms with Gasteiger partial charge in [0.1, 0.15) is 17.2 Å². The van der Waals surface area contributed by atoms with Gasteiger partial charge in [-0.3, -0.25) is 19.1 Å². The number of hydrogen-bond donors (Lipinski definition) is 1. The Balaban J connectivity index is 1.49. The van der Waals surface area contributed by atoms with Gasteiger partial charge >= 0.3 is 11.9 Å².